The van der Waals surface area contributed by atoms with Crippen LogP contribution in [-0.2, 0) is 9.53 Å². The number of rotatable bonds is 6. The molecule has 0 saturated carbocycles. The Kier molecular flexibility index (Phi) is 5.98. The van der Waals surface area contributed by atoms with Crippen molar-refractivity contribution >= 4 is 18.1 Å². The maximum absolute atomic E-state index is 12.0. The average Bonchev–Trinajstić information content (AvgIpc) is 3.22. The highest BCUT2D eigenvalue weighted by atomic mass is 16.5. The SMILES string of the molecule is COC(=O)c1ccccc1-c1ccc(C=NNC(=O)C(O)c2ccccc2)o1. The molecule has 3 aromatic rings. The minimum Gasteiger partial charge on any atom is -0.465 e. The van der Waals surface area contributed by atoms with Crippen LogP contribution in [0.25, 0.3) is 11.3 Å². The molecule has 0 aliphatic rings. The lowest BCUT2D eigenvalue weighted by atomic mass is 10.1. The number of benzene rings is 2. The van der Waals surface area contributed by atoms with E-state index in [2.05, 4.69) is 10.5 Å². The van der Waals surface area contributed by atoms with Crippen molar-refractivity contribution in [2.45, 2.75) is 6.10 Å². The minimum atomic E-state index is -1.32. The predicted molar refractivity (Wildman–Crippen MR) is 103 cm³/mol. The summed E-state index contributed by atoms with van der Waals surface area (Å²) in [6.07, 6.45) is -0.0164. The molecule has 0 spiro atoms. The summed E-state index contributed by atoms with van der Waals surface area (Å²) < 4.78 is 10.4. The zero-order valence-corrected chi connectivity index (χ0v) is 15.0. The molecule has 0 saturated heterocycles. The largest absolute Gasteiger partial charge is 0.465 e. The lowest BCUT2D eigenvalue weighted by molar-refractivity contribution is -0.129. The highest BCUT2D eigenvalue weighted by Gasteiger charge is 2.17. The molecule has 0 aliphatic carbocycles. The molecule has 1 unspecified atom stereocenters. The highest BCUT2D eigenvalue weighted by Crippen LogP contribution is 2.26. The quantitative estimate of drug-likeness (QED) is 0.390. The second-order valence-corrected chi connectivity index (χ2v) is 5.79. The summed E-state index contributed by atoms with van der Waals surface area (Å²) in [6.45, 7) is 0. The molecule has 142 valence electrons. The Morgan fingerprint density at radius 1 is 1.07 bits per heavy atom. The van der Waals surface area contributed by atoms with Gasteiger partial charge in [0.15, 0.2) is 6.10 Å². The number of amides is 1. The molecule has 1 heterocycles. The van der Waals surface area contributed by atoms with Crippen LogP contribution < -0.4 is 5.43 Å². The van der Waals surface area contributed by atoms with Crippen molar-refractivity contribution in [3.63, 3.8) is 0 Å². The van der Waals surface area contributed by atoms with Crippen molar-refractivity contribution < 1.29 is 23.8 Å². The molecular formula is C21H18N2O5. The van der Waals surface area contributed by atoms with Crippen molar-refractivity contribution in [2.24, 2.45) is 5.10 Å². The number of hydrogen-bond donors (Lipinski definition) is 2. The second kappa shape index (κ2) is 8.79. The van der Waals surface area contributed by atoms with Crippen molar-refractivity contribution in [3.05, 3.63) is 83.6 Å². The fourth-order valence-electron chi connectivity index (χ4n) is 2.56. The number of methoxy groups -OCH3 is 1. The van der Waals surface area contributed by atoms with Crippen molar-refractivity contribution in [1.29, 1.82) is 0 Å². The van der Waals surface area contributed by atoms with E-state index in [1.807, 2.05) is 0 Å². The monoisotopic (exact) mass is 378 g/mol. The average molecular weight is 378 g/mol. The van der Waals surface area contributed by atoms with E-state index >= 15 is 0 Å². The van der Waals surface area contributed by atoms with E-state index in [-0.39, 0.29) is 0 Å². The second-order valence-electron chi connectivity index (χ2n) is 5.79. The van der Waals surface area contributed by atoms with Gasteiger partial charge in [0, 0.05) is 5.56 Å². The first-order valence-electron chi connectivity index (χ1n) is 8.43. The molecule has 2 N–H and O–H groups in total. The molecule has 0 fully saturated rings. The van der Waals surface area contributed by atoms with Crippen LogP contribution in [0.2, 0.25) is 0 Å². The number of nitrogens with one attached hydrogen (secondary N) is 1. The number of aliphatic hydroxyl groups excluding tert-OH is 1. The van der Waals surface area contributed by atoms with Crippen LogP contribution in [0.4, 0.5) is 0 Å². The molecule has 7 nitrogen and oxygen atoms in total. The van der Waals surface area contributed by atoms with Crippen molar-refractivity contribution in [2.75, 3.05) is 7.11 Å². The summed E-state index contributed by atoms with van der Waals surface area (Å²) in [4.78, 5) is 23.8. The summed E-state index contributed by atoms with van der Waals surface area (Å²) in [5.74, 6) is -0.308. The molecule has 1 aromatic heterocycles. The number of ether oxygens (including phenoxy) is 1. The third-order valence-electron chi connectivity index (χ3n) is 3.95. The van der Waals surface area contributed by atoms with E-state index in [4.69, 9.17) is 9.15 Å². The third kappa shape index (κ3) is 4.33. The molecule has 0 bridgehead atoms. The minimum absolute atomic E-state index is 0.365. The van der Waals surface area contributed by atoms with E-state index in [1.165, 1.54) is 13.3 Å². The molecule has 7 heteroatoms. The van der Waals surface area contributed by atoms with E-state index < -0.39 is 18.0 Å². The number of hydrogen-bond acceptors (Lipinski definition) is 6. The zero-order valence-electron chi connectivity index (χ0n) is 15.0. The third-order valence-corrected chi connectivity index (χ3v) is 3.95. The molecule has 0 aliphatic heterocycles. The predicted octanol–water partition coefficient (Wildman–Crippen LogP) is 2.92. The van der Waals surface area contributed by atoms with Gasteiger partial charge >= 0.3 is 5.97 Å². The van der Waals surface area contributed by atoms with E-state index in [0.717, 1.165) is 0 Å². The first kappa shape index (κ1) is 19.1. The molecular weight excluding hydrogens is 360 g/mol. The zero-order chi connectivity index (χ0) is 19.9. The van der Waals surface area contributed by atoms with Gasteiger partial charge in [-0.1, -0.05) is 48.5 Å². The van der Waals surface area contributed by atoms with Crippen molar-refractivity contribution in [3.8, 4) is 11.3 Å². The summed E-state index contributed by atoms with van der Waals surface area (Å²) in [5.41, 5.74) is 3.69. The number of furan rings is 1. The Morgan fingerprint density at radius 3 is 2.54 bits per heavy atom. The summed E-state index contributed by atoms with van der Waals surface area (Å²) in [6, 6.07) is 18.8. The summed E-state index contributed by atoms with van der Waals surface area (Å²) in [5, 5.41) is 13.8. The lowest BCUT2D eigenvalue weighted by Crippen LogP contribution is -2.25. The number of carbonyl (C=O) groups is 2. The maximum Gasteiger partial charge on any atom is 0.338 e. The smallest absolute Gasteiger partial charge is 0.338 e. The van der Waals surface area contributed by atoms with Gasteiger partial charge in [-0.25, -0.2) is 10.2 Å². The molecule has 2 aromatic carbocycles. The lowest BCUT2D eigenvalue weighted by Gasteiger charge is -2.08. The number of esters is 1. The maximum atomic E-state index is 12.0. The van der Waals surface area contributed by atoms with Crippen LogP contribution in [0.3, 0.4) is 0 Å². The van der Waals surface area contributed by atoms with Crippen LogP contribution in [0.5, 0.6) is 0 Å². The van der Waals surface area contributed by atoms with Gasteiger partial charge in [0.05, 0.1) is 18.9 Å². The van der Waals surface area contributed by atoms with Gasteiger partial charge in [0.2, 0.25) is 0 Å². The van der Waals surface area contributed by atoms with Gasteiger partial charge in [0.1, 0.15) is 11.5 Å². The Balaban J connectivity index is 1.68. The van der Waals surface area contributed by atoms with Gasteiger partial charge in [-0.15, -0.1) is 0 Å². The van der Waals surface area contributed by atoms with Crippen LogP contribution in [0, 0.1) is 0 Å². The summed E-state index contributed by atoms with van der Waals surface area (Å²) in [7, 11) is 1.31. The van der Waals surface area contributed by atoms with Crippen LogP contribution in [0.15, 0.2) is 76.2 Å². The standard InChI is InChI=1S/C21H18N2O5/c1-27-21(26)17-10-6-5-9-16(17)18-12-11-15(28-18)13-22-23-20(25)19(24)14-7-3-2-4-8-14/h2-13,19,24H,1H3,(H,23,25). The normalized spacial score (nSPS) is 11.9. The Morgan fingerprint density at radius 2 is 1.79 bits per heavy atom. The van der Waals surface area contributed by atoms with E-state index in [0.29, 0.717) is 28.2 Å². The van der Waals surface area contributed by atoms with Crippen LogP contribution >= 0.6 is 0 Å². The summed E-state index contributed by atoms with van der Waals surface area (Å²) >= 11 is 0. The fraction of sp³-hybridized carbons (Fsp3) is 0.0952. The van der Waals surface area contributed by atoms with Gasteiger partial charge < -0.3 is 14.3 Å². The van der Waals surface area contributed by atoms with Gasteiger partial charge in [-0.2, -0.15) is 5.10 Å². The fourth-order valence-corrected chi connectivity index (χ4v) is 2.56. The van der Waals surface area contributed by atoms with E-state index in [9.17, 15) is 14.7 Å². The van der Waals surface area contributed by atoms with Crippen LogP contribution in [0.1, 0.15) is 27.8 Å². The molecule has 3 rings (SSSR count). The number of nitrogens with zero attached hydrogens (tertiary/aromatic N) is 1. The number of carbonyl (C=O) groups excluding carboxylic acids is 2. The van der Waals surface area contributed by atoms with E-state index in [1.54, 1.807) is 66.7 Å². The van der Waals surface area contributed by atoms with Gasteiger partial charge in [0.25, 0.3) is 5.91 Å². The number of hydrazone groups is 1. The van der Waals surface area contributed by atoms with Crippen molar-refractivity contribution in [1.82, 2.24) is 5.43 Å². The molecule has 0 radical (unpaired) electrons. The molecule has 1 amide bonds. The Hall–Kier alpha value is -3.71. The first-order chi connectivity index (χ1) is 13.6. The number of aliphatic hydroxyl groups is 1. The Bertz CT molecular complexity index is 995. The molecule has 1 atom stereocenters. The Labute approximate surface area is 161 Å². The van der Waals surface area contributed by atoms with Gasteiger partial charge in [-0.3, -0.25) is 4.79 Å². The van der Waals surface area contributed by atoms with Crippen LogP contribution in [-0.4, -0.2) is 30.3 Å². The highest BCUT2D eigenvalue weighted by molar-refractivity contribution is 5.96. The first-order valence-corrected chi connectivity index (χ1v) is 8.43. The van der Waals surface area contributed by atoms with Gasteiger partial charge in [-0.05, 0) is 23.8 Å². The topological polar surface area (TPSA) is 101 Å². The molecule has 28 heavy (non-hydrogen) atoms.